The molecule has 1 aromatic rings. The van der Waals surface area contributed by atoms with Gasteiger partial charge in [0.1, 0.15) is 6.61 Å². The lowest BCUT2D eigenvalue weighted by Gasteiger charge is -2.25. The van der Waals surface area contributed by atoms with Crippen LogP contribution in [0.25, 0.3) is 0 Å². The summed E-state index contributed by atoms with van der Waals surface area (Å²) in [5, 5.41) is 0.682. The van der Waals surface area contributed by atoms with E-state index in [1.807, 2.05) is 0 Å². The van der Waals surface area contributed by atoms with Crippen LogP contribution in [0.2, 0.25) is 6.55 Å². The zero-order valence-corrected chi connectivity index (χ0v) is 10.0. The molecule has 1 unspecified atom stereocenters. The molecule has 6 heteroatoms. The van der Waals surface area contributed by atoms with Crippen LogP contribution in [-0.4, -0.2) is 28.5 Å². The Morgan fingerprint density at radius 1 is 1.19 bits per heavy atom. The van der Waals surface area contributed by atoms with Crippen molar-refractivity contribution in [3.63, 3.8) is 0 Å². The first-order valence-corrected chi connectivity index (χ1v) is 7.00. The maximum atomic E-state index is 12.1. The van der Waals surface area contributed by atoms with E-state index >= 15 is 0 Å². The van der Waals surface area contributed by atoms with Gasteiger partial charge in [0.2, 0.25) is 0 Å². The molecule has 16 heavy (non-hydrogen) atoms. The van der Waals surface area contributed by atoms with Crippen LogP contribution in [0.4, 0.5) is 13.2 Å². The van der Waals surface area contributed by atoms with Gasteiger partial charge in [0.05, 0.1) is 0 Å². The van der Waals surface area contributed by atoms with E-state index in [1.54, 1.807) is 36.9 Å². The third-order valence-corrected chi connectivity index (χ3v) is 5.06. The highest BCUT2D eigenvalue weighted by Crippen LogP contribution is 2.18. The van der Waals surface area contributed by atoms with E-state index in [-0.39, 0.29) is 0 Å². The molecule has 0 radical (unpaired) electrons. The second-order valence-corrected chi connectivity index (χ2v) is 6.59. The molecule has 0 saturated heterocycles. The Morgan fingerprint density at radius 3 is 2.19 bits per heavy atom. The van der Waals surface area contributed by atoms with Gasteiger partial charge in [0.25, 0.3) is 0 Å². The molecule has 1 rings (SSSR count). The second kappa shape index (κ2) is 4.99. The van der Waals surface area contributed by atoms with E-state index in [9.17, 15) is 13.2 Å². The van der Waals surface area contributed by atoms with Crippen LogP contribution in [0.3, 0.4) is 0 Å². The van der Waals surface area contributed by atoms with Crippen molar-refractivity contribution in [3.8, 4) is 0 Å². The first kappa shape index (κ1) is 13.2. The summed E-state index contributed by atoms with van der Waals surface area (Å²) in [6.45, 7) is 0.312. The van der Waals surface area contributed by atoms with E-state index < -0.39 is 21.3 Å². The van der Waals surface area contributed by atoms with E-state index in [0.29, 0.717) is 5.19 Å². The normalized spacial score (nSPS) is 15.8. The molecule has 0 aliphatic carbocycles. The molecule has 0 amide bonds. The Hall–Kier alpha value is -0.853. The molecule has 1 atom stereocenters. The lowest BCUT2D eigenvalue weighted by Crippen LogP contribution is -2.51. The minimum atomic E-state index is -4.33. The molecule has 1 aromatic carbocycles. The Morgan fingerprint density at radius 2 is 1.75 bits per heavy atom. The summed E-state index contributed by atoms with van der Waals surface area (Å²) < 4.78 is 46.3. The molecule has 0 bridgehead atoms. The third kappa shape index (κ3) is 3.62. The molecule has 90 valence electrons. The van der Waals surface area contributed by atoms with Gasteiger partial charge in [-0.1, -0.05) is 30.3 Å². The number of hydrogen-bond acceptors (Lipinski definition) is 2. The van der Waals surface area contributed by atoms with Crippen LogP contribution < -0.4 is 5.19 Å². The van der Waals surface area contributed by atoms with Gasteiger partial charge in [-0.25, -0.2) is 0 Å². The van der Waals surface area contributed by atoms with Gasteiger partial charge in [0.15, 0.2) is 0 Å². The van der Waals surface area contributed by atoms with Crippen LogP contribution in [-0.2, 0) is 8.85 Å². The van der Waals surface area contributed by atoms with Crippen LogP contribution in [0.5, 0.6) is 0 Å². The topological polar surface area (TPSA) is 18.5 Å². The van der Waals surface area contributed by atoms with Gasteiger partial charge in [0, 0.05) is 7.11 Å². The van der Waals surface area contributed by atoms with Crippen LogP contribution in [0, 0.1) is 0 Å². The monoisotopic (exact) mass is 250 g/mol. The van der Waals surface area contributed by atoms with Crippen molar-refractivity contribution in [2.45, 2.75) is 12.7 Å². The van der Waals surface area contributed by atoms with Crippen molar-refractivity contribution in [1.29, 1.82) is 0 Å². The smallest absolute Gasteiger partial charge is 0.394 e. The second-order valence-electron chi connectivity index (χ2n) is 3.42. The average molecular weight is 250 g/mol. The quantitative estimate of drug-likeness (QED) is 0.763. The standard InChI is InChI=1S/C10H13F3O2Si/c1-14-16(2,15-8-10(11,12)13)9-6-4-3-5-7-9/h3-7H,8H2,1-2H3. The maximum absolute atomic E-state index is 12.1. The maximum Gasteiger partial charge on any atom is 0.410 e. The summed E-state index contributed by atoms with van der Waals surface area (Å²) in [7, 11) is -1.56. The van der Waals surface area contributed by atoms with Crippen LogP contribution in [0.1, 0.15) is 0 Å². The molecule has 0 aliphatic heterocycles. The number of halogens is 3. The minimum absolute atomic E-state index is 0.682. The largest absolute Gasteiger partial charge is 0.410 e. The molecular weight excluding hydrogens is 237 g/mol. The minimum Gasteiger partial charge on any atom is -0.394 e. The summed E-state index contributed by atoms with van der Waals surface area (Å²) in [6.07, 6.45) is -4.33. The Labute approximate surface area is 93.2 Å². The zero-order valence-electron chi connectivity index (χ0n) is 9.04. The van der Waals surface area contributed by atoms with E-state index in [4.69, 9.17) is 8.85 Å². The SMILES string of the molecule is CO[Si](C)(OCC(F)(F)F)c1ccccc1. The highest BCUT2D eigenvalue weighted by molar-refractivity contribution is 6.79. The van der Waals surface area contributed by atoms with Crippen molar-refractivity contribution in [2.24, 2.45) is 0 Å². The third-order valence-electron chi connectivity index (χ3n) is 2.20. The van der Waals surface area contributed by atoms with Crippen molar-refractivity contribution < 1.29 is 22.0 Å². The van der Waals surface area contributed by atoms with E-state index in [0.717, 1.165) is 0 Å². The lowest BCUT2D eigenvalue weighted by molar-refractivity contribution is -0.157. The molecule has 0 aliphatic rings. The van der Waals surface area contributed by atoms with E-state index in [2.05, 4.69) is 0 Å². The molecule has 0 saturated carbocycles. The fourth-order valence-corrected chi connectivity index (χ4v) is 2.98. The molecule has 0 aromatic heterocycles. The predicted molar refractivity (Wildman–Crippen MR) is 56.7 cm³/mol. The zero-order chi connectivity index (χ0) is 12.2. The first-order chi connectivity index (χ1) is 7.37. The molecule has 0 spiro atoms. The Balaban J connectivity index is 2.79. The van der Waals surface area contributed by atoms with Gasteiger partial charge in [-0.3, -0.25) is 0 Å². The van der Waals surface area contributed by atoms with Crippen molar-refractivity contribution in [1.82, 2.24) is 0 Å². The molecular formula is C10H13F3O2Si. The summed E-state index contributed by atoms with van der Waals surface area (Å²) in [6, 6.07) is 8.71. The predicted octanol–water partition coefficient (Wildman–Crippen LogP) is 2.19. The lowest BCUT2D eigenvalue weighted by atomic mass is 10.4. The molecule has 0 N–H and O–H groups in total. The summed E-state index contributed by atoms with van der Waals surface area (Å²) in [4.78, 5) is 0. The van der Waals surface area contributed by atoms with Crippen LogP contribution >= 0.6 is 0 Å². The van der Waals surface area contributed by atoms with Gasteiger partial charge in [-0.05, 0) is 11.7 Å². The van der Waals surface area contributed by atoms with Gasteiger partial charge < -0.3 is 8.85 Å². The fourth-order valence-electron chi connectivity index (χ4n) is 1.22. The number of benzene rings is 1. The summed E-state index contributed by atoms with van der Waals surface area (Å²) in [5.74, 6) is 0. The first-order valence-electron chi connectivity index (χ1n) is 4.69. The van der Waals surface area contributed by atoms with Gasteiger partial charge >= 0.3 is 14.7 Å². The van der Waals surface area contributed by atoms with Gasteiger partial charge in [-0.15, -0.1) is 0 Å². The molecule has 0 heterocycles. The molecule has 0 fully saturated rings. The van der Waals surface area contributed by atoms with E-state index in [1.165, 1.54) is 7.11 Å². The number of hydrogen-bond donors (Lipinski definition) is 0. The van der Waals surface area contributed by atoms with Crippen LogP contribution in [0.15, 0.2) is 30.3 Å². The highest BCUT2D eigenvalue weighted by Gasteiger charge is 2.38. The Bertz CT molecular complexity index is 329. The summed E-state index contributed by atoms with van der Waals surface area (Å²) in [5.41, 5.74) is 0. The Kier molecular flexibility index (Phi) is 4.12. The number of alkyl halides is 3. The summed E-state index contributed by atoms with van der Waals surface area (Å²) >= 11 is 0. The van der Waals surface area contributed by atoms with Crippen molar-refractivity contribution in [2.75, 3.05) is 13.7 Å². The van der Waals surface area contributed by atoms with Gasteiger partial charge in [-0.2, -0.15) is 13.2 Å². The highest BCUT2D eigenvalue weighted by atomic mass is 28.4. The number of rotatable bonds is 4. The van der Waals surface area contributed by atoms with Crippen molar-refractivity contribution in [3.05, 3.63) is 30.3 Å². The fraction of sp³-hybridized carbons (Fsp3) is 0.400. The molecule has 2 nitrogen and oxygen atoms in total. The van der Waals surface area contributed by atoms with Crippen molar-refractivity contribution >= 4 is 13.7 Å². The average Bonchev–Trinajstić information content (AvgIpc) is 2.26.